The van der Waals surface area contributed by atoms with Crippen LogP contribution in [-0.2, 0) is 10.0 Å². The quantitative estimate of drug-likeness (QED) is 0.643. The summed E-state index contributed by atoms with van der Waals surface area (Å²) in [6.45, 7) is 5.14. The molecule has 6 nitrogen and oxygen atoms in total. The van der Waals surface area contributed by atoms with Crippen LogP contribution in [0, 0.1) is 11.6 Å². The van der Waals surface area contributed by atoms with Crippen LogP contribution in [-0.4, -0.2) is 55.8 Å². The van der Waals surface area contributed by atoms with Gasteiger partial charge in [-0.05, 0) is 36.4 Å². The number of halogens is 2. The molecule has 31 heavy (non-hydrogen) atoms. The van der Waals surface area contributed by atoms with Crippen molar-refractivity contribution in [3.63, 3.8) is 0 Å². The van der Waals surface area contributed by atoms with Gasteiger partial charge in [0.1, 0.15) is 11.9 Å². The van der Waals surface area contributed by atoms with Gasteiger partial charge in [-0.15, -0.1) is 0 Å². The molecule has 0 saturated carbocycles. The molecule has 168 valence electrons. The molecule has 1 heterocycles. The lowest BCUT2D eigenvalue weighted by Crippen LogP contribution is -2.41. The molecule has 0 radical (unpaired) electrons. The second kappa shape index (κ2) is 9.74. The van der Waals surface area contributed by atoms with Crippen LogP contribution in [0.25, 0.3) is 0 Å². The van der Waals surface area contributed by atoms with Crippen molar-refractivity contribution in [2.75, 3.05) is 26.2 Å². The predicted octanol–water partition coefficient (Wildman–Crippen LogP) is 3.68. The van der Waals surface area contributed by atoms with Crippen molar-refractivity contribution in [2.45, 2.75) is 37.7 Å². The van der Waals surface area contributed by atoms with E-state index in [2.05, 4.69) is 0 Å². The lowest BCUT2D eigenvalue weighted by Gasteiger charge is -2.32. The smallest absolute Gasteiger partial charge is 0.253 e. The molecule has 2 aromatic carbocycles. The first-order chi connectivity index (χ1) is 14.8. The SMILES string of the molecule is CCN(CC)S(=O)(=O)c1ccc(C(=O)N2CCC(Oc3ccc(F)cc3F)CC2)cc1. The van der Waals surface area contributed by atoms with E-state index in [1.165, 1.54) is 34.6 Å². The third-order valence-corrected chi connectivity index (χ3v) is 7.43. The number of rotatable bonds is 7. The Labute approximate surface area is 181 Å². The molecule has 1 aliphatic heterocycles. The van der Waals surface area contributed by atoms with Gasteiger partial charge >= 0.3 is 0 Å². The number of piperidine rings is 1. The minimum absolute atomic E-state index is 0.00354. The van der Waals surface area contributed by atoms with E-state index in [9.17, 15) is 22.0 Å². The van der Waals surface area contributed by atoms with Gasteiger partial charge in [-0.25, -0.2) is 17.2 Å². The molecule has 1 fully saturated rings. The van der Waals surface area contributed by atoms with Crippen molar-refractivity contribution in [3.05, 3.63) is 59.7 Å². The van der Waals surface area contributed by atoms with Gasteiger partial charge in [-0.1, -0.05) is 13.8 Å². The minimum Gasteiger partial charge on any atom is -0.487 e. The van der Waals surface area contributed by atoms with Crippen LogP contribution < -0.4 is 4.74 Å². The lowest BCUT2D eigenvalue weighted by atomic mass is 10.1. The molecule has 1 aliphatic rings. The Morgan fingerprint density at radius 3 is 2.23 bits per heavy atom. The maximum atomic E-state index is 13.8. The number of likely N-dealkylation sites (tertiary alicyclic amines) is 1. The van der Waals surface area contributed by atoms with Crippen LogP contribution in [0.3, 0.4) is 0 Å². The Bertz CT molecular complexity index is 1020. The summed E-state index contributed by atoms with van der Waals surface area (Å²) < 4.78 is 58.9. The van der Waals surface area contributed by atoms with Crippen molar-refractivity contribution in [1.82, 2.24) is 9.21 Å². The van der Waals surface area contributed by atoms with E-state index in [1.54, 1.807) is 18.7 Å². The van der Waals surface area contributed by atoms with Crippen molar-refractivity contribution >= 4 is 15.9 Å². The van der Waals surface area contributed by atoms with Crippen LogP contribution in [0.1, 0.15) is 37.0 Å². The van der Waals surface area contributed by atoms with Gasteiger partial charge in [0.15, 0.2) is 11.6 Å². The molecule has 0 spiro atoms. The zero-order valence-corrected chi connectivity index (χ0v) is 18.4. The highest BCUT2D eigenvalue weighted by atomic mass is 32.2. The average Bonchev–Trinajstić information content (AvgIpc) is 2.76. The van der Waals surface area contributed by atoms with Crippen LogP contribution in [0.15, 0.2) is 47.4 Å². The number of hydrogen-bond donors (Lipinski definition) is 0. The van der Waals surface area contributed by atoms with Gasteiger partial charge in [-0.3, -0.25) is 4.79 Å². The second-order valence-corrected chi connectivity index (χ2v) is 9.24. The summed E-state index contributed by atoms with van der Waals surface area (Å²) in [6.07, 6.45) is 0.749. The fourth-order valence-electron chi connectivity index (χ4n) is 3.59. The molecule has 0 aromatic heterocycles. The first kappa shape index (κ1) is 23.1. The lowest BCUT2D eigenvalue weighted by molar-refractivity contribution is 0.0588. The third-order valence-electron chi connectivity index (χ3n) is 5.36. The Morgan fingerprint density at radius 1 is 1.06 bits per heavy atom. The van der Waals surface area contributed by atoms with E-state index in [4.69, 9.17) is 4.74 Å². The van der Waals surface area contributed by atoms with Gasteiger partial charge in [0, 0.05) is 50.7 Å². The molecular weight excluding hydrogens is 426 g/mol. The molecule has 9 heteroatoms. The minimum atomic E-state index is -3.57. The number of hydrogen-bond acceptors (Lipinski definition) is 4. The van der Waals surface area contributed by atoms with Gasteiger partial charge in [0.05, 0.1) is 4.90 Å². The molecule has 3 rings (SSSR count). The number of carbonyl (C=O) groups excluding carboxylic acids is 1. The Balaban J connectivity index is 1.60. The Hall–Kier alpha value is -2.52. The molecule has 2 aromatic rings. The van der Waals surface area contributed by atoms with E-state index in [0.29, 0.717) is 44.6 Å². The molecular formula is C22H26F2N2O4S. The number of nitrogens with zero attached hydrogens (tertiary/aromatic N) is 2. The Kier molecular flexibility index (Phi) is 7.27. The third kappa shape index (κ3) is 5.22. The summed E-state index contributed by atoms with van der Waals surface area (Å²) in [5.74, 6) is -1.62. The molecule has 1 amide bonds. The summed E-state index contributed by atoms with van der Waals surface area (Å²) in [6, 6.07) is 9.13. The number of ether oxygens (including phenoxy) is 1. The number of amides is 1. The summed E-state index contributed by atoms with van der Waals surface area (Å²) in [4.78, 5) is 14.6. The van der Waals surface area contributed by atoms with E-state index < -0.39 is 21.7 Å². The summed E-state index contributed by atoms with van der Waals surface area (Å²) in [5, 5.41) is 0. The van der Waals surface area contributed by atoms with Crippen molar-refractivity contribution in [3.8, 4) is 5.75 Å². The van der Waals surface area contributed by atoms with Crippen molar-refractivity contribution in [2.24, 2.45) is 0 Å². The van der Waals surface area contributed by atoms with Gasteiger partial charge in [0.25, 0.3) is 5.91 Å². The summed E-state index contributed by atoms with van der Waals surface area (Å²) in [5.41, 5.74) is 0.405. The van der Waals surface area contributed by atoms with Crippen molar-refractivity contribution < 1.29 is 26.7 Å². The zero-order valence-electron chi connectivity index (χ0n) is 17.6. The fraction of sp³-hybridized carbons (Fsp3) is 0.409. The first-order valence-electron chi connectivity index (χ1n) is 10.3. The molecule has 1 saturated heterocycles. The van der Waals surface area contributed by atoms with Gasteiger partial charge in [-0.2, -0.15) is 4.31 Å². The topological polar surface area (TPSA) is 66.9 Å². The first-order valence-corrected chi connectivity index (χ1v) is 11.7. The highest BCUT2D eigenvalue weighted by Gasteiger charge is 2.26. The summed E-state index contributed by atoms with van der Waals surface area (Å²) >= 11 is 0. The van der Waals surface area contributed by atoms with E-state index in [1.807, 2.05) is 0 Å². The average molecular weight is 453 g/mol. The highest BCUT2D eigenvalue weighted by molar-refractivity contribution is 7.89. The van der Waals surface area contributed by atoms with Crippen molar-refractivity contribution in [1.29, 1.82) is 0 Å². The monoisotopic (exact) mass is 452 g/mol. The maximum Gasteiger partial charge on any atom is 0.253 e. The Morgan fingerprint density at radius 2 is 1.68 bits per heavy atom. The fourth-order valence-corrected chi connectivity index (χ4v) is 5.05. The van der Waals surface area contributed by atoms with E-state index in [-0.39, 0.29) is 22.7 Å². The van der Waals surface area contributed by atoms with Crippen LogP contribution in [0.2, 0.25) is 0 Å². The standard InChI is InChI=1S/C22H26F2N2O4S/c1-3-26(4-2)31(28,29)19-8-5-16(6-9-19)22(27)25-13-11-18(12-14-25)30-21-10-7-17(23)15-20(21)24/h5-10,15,18H,3-4,11-14H2,1-2H3. The largest absolute Gasteiger partial charge is 0.487 e. The molecule has 0 unspecified atom stereocenters. The second-order valence-electron chi connectivity index (χ2n) is 7.30. The van der Waals surface area contributed by atoms with Gasteiger partial charge < -0.3 is 9.64 Å². The number of benzene rings is 2. The van der Waals surface area contributed by atoms with E-state index in [0.717, 1.165) is 12.1 Å². The van der Waals surface area contributed by atoms with Crippen LogP contribution in [0.5, 0.6) is 5.75 Å². The molecule has 0 N–H and O–H groups in total. The summed E-state index contributed by atoms with van der Waals surface area (Å²) in [7, 11) is -3.57. The normalized spacial score (nSPS) is 15.3. The number of carbonyl (C=O) groups is 1. The van der Waals surface area contributed by atoms with E-state index >= 15 is 0 Å². The van der Waals surface area contributed by atoms with Gasteiger partial charge in [0.2, 0.25) is 10.0 Å². The number of sulfonamides is 1. The predicted molar refractivity (Wildman–Crippen MR) is 112 cm³/mol. The van der Waals surface area contributed by atoms with Crippen LogP contribution in [0.4, 0.5) is 8.78 Å². The van der Waals surface area contributed by atoms with Crippen LogP contribution >= 0.6 is 0 Å². The zero-order chi connectivity index (χ0) is 22.6. The maximum absolute atomic E-state index is 13.8. The molecule has 0 atom stereocenters. The molecule has 0 bridgehead atoms. The highest BCUT2D eigenvalue weighted by Crippen LogP contribution is 2.24. The molecule has 0 aliphatic carbocycles.